The van der Waals surface area contributed by atoms with Crippen molar-refractivity contribution in [1.29, 1.82) is 5.26 Å². The van der Waals surface area contributed by atoms with Crippen LogP contribution in [0.25, 0.3) is 0 Å². The Hall–Kier alpha value is -2.81. The van der Waals surface area contributed by atoms with Crippen LogP contribution in [0.15, 0.2) is 41.0 Å². The number of likely N-dealkylation sites (tertiary alicyclic amines) is 1. The predicted octanol–water partition coefficient (Wildman–Crippen LogP) is 4.55. The van der Waals surface area contributed by atoms with Crippen LogP contribution in [-0.2, 0) is 4.84 Å². The lowest BCUT2D eigenvalue weighted by molar-refractivity contribution is -0.0408. The summed E-state index contributed by atoms with van der Waals surface area (Å²) in [5, 5.41) is 27.9. The first-order valence-electron chi connectivity index (χ1n) is 11.4. The Balaban J connectivity index is 1.13. The number of hydrogen-bond donors (Lipinski definition) is 1. The van der Waals surface area contributed by atoms with E-state index in [0.717, 1.165) is 34.8 Å². The number of piperidine rings is 1. The average Bonchev–Trinajstić information content (AvgIpc) is 3.58. The first kappa shape index (κ1) is 24.9. The standard InChI is InChI=1S/C24H22Cl2N6O3S/c25-16-2-1-3-17(26)22(16)20-10-18(31-35-20)19-13-36-23(30-19)14-5-8-32(9-6-14)21(33)12-34-24-28-7-4-15(11-27)29-24/h1-4,7,13-14,20-21,33H,5-6,8-10,12H2. The molecule has 9 nitrogen and oxygen atoms in total. The number of thiazole rings is 1. The highest BCUT2D eigenvalue weighted by Gasteiger charge is 2.31. The summed E-state index contributed by atoms with van der Waals surface area (Å²) in [7, 11) is 0. The molecule has 186 valence electrons. The molecule has 12 heteroatoms. The summed E-state index contributed by atoms with van der Waals surface area (Å²) >= 11 is 14.3. The Morgan fingerprint density at radius 3 is 2.75 bits per heavy atom. The quantitative estimate of drug-likeness (QED) is 0.460. The number of aromatic nitrogens is 3. The number of hydrogen-bond acceptors (Lipinski definition) is 10. The summed E-state index contributed by atoms with van der Waals surface area (Å²) in [4.78, 5) is 20.4. The maximum absolute atomic E-state index is 10.5. The van der Waals surface area contributed by atoms with Crippen molar-refractivity contribution in [2.24, 2.45) is 5.16 Å². The number of aliphatic hydroxyl groups excluding tert-OH is 1. The molecule has 36 heavy (non-hydrogen) atoms. The minimum Gasteiger partial charge on any atom is -0.459 e. The molecule has 2 aliphatic rings. The molecule has 2 atom stereocenters. The third-order valence-corrected chi connectivity index (χ3v) is 7.88. The molecule has 0 bridgehead atoms. The van der Waals surface area contributed by atoms with E-state index in [1.165, 1.54) is 12.3 Å². The molecule has 0 radical (unpaired) electrons. The lowest BCUT2D eigenvalue weighted by atomic mass is 9.97. The SMILES string of the molecule is N#Cc1ccnc(OCC(O)N2CCC(c3nc(C4=NOC(c5c(Cl)cccc5Cl)C4)cs3)CC2)n1. The van der Waals surface area contributed by atoms with Crippen molar-refractivity contribution < 1.29 is 14.7 Å². The molecule has 2 aliphatic heterocycles. The van der Waals surface area contributed by atoms with E-state index >= 15 is 0 Å². The minimum atomic E-state index is -0.786. The normalized spacial score (nSPS) is 19.4. The molecule has 4 heterocycles. The molecule has 2 aromatic heterocycles. The second-order valence-electron chi connectivity index (χ2n) is 8.48. The Morgan fingerprint density at radius 1 is 1.22 bits per heavy atom. The molecule has 0 saturated carbocycles. The van der Waals surface area contributed by atoms with Gasteiger partial charge in [0.05, 0.1) is 10.7 Å². The first-order valence-corrected chi connectivity index (χ1v) is 13.1. The number of ether oxygens (including phenoxy) is 1. The van der Waals surface area contributed by atoms with Crippen molar-refractivity contribution in [2.45, 2.75) is 37.5 Å². The predicted molar refractivity (Wildman–Crippen MR) is 135 cm³/mol. The molecule has 1 aromatic carbocycles. The van der Waals surface area contributed by atoms with Crippen LogP contribution in [0.2, 0.25) is 10.0 Å². The number of nitrogens with zero attached hydrogens (tertiary/aromatic N) is 6. The van der Waals surface area contributed by atoms with E-state index in [-0.39, 0.29) is 24.4 Å². The fraction of sp³-hybridized carbons (Fsp3) is 0.375. The lowest BCUT2D eigenvalue weighted by Crippen LogP contribution is -2.44. The second kappa shape index (κ2) is 11.1. The van der Waals surface area contributed by atoms with Crippen molar-refractivity contribution in [3.8, 4) is 12.1 Å². The van der Waals surface area contributed by atoms with Crippen molar-refractivity contribution in [3.05, 3.63) is 67.8 Å². The molecule has 3 aromatic rings. The van der Waals surface area contributed by atoms with Crippen LogP contribution in [-0.4, -0.2) is 56.6 Å². The fourth-order valence-electron chi connectivity index (χ4n) is 4.28. The van der Waals surface area contributed by atoms with Crippen molar-refractivity contribution in [2.75, 3.05) is 19.7 Å². The van der Waals surface area contributed by atoms with Crippen LogP contribution < -0.4 is 4.74 Å². The van der Waals surface area contributed by atoms with E-state index in [1.54, 1.807) is 29.5 Å². The van der Waals surface area contributed by atoms with Crippen molar-refractivity contribution >= 4 is 40.3 Å². The van der Waals surface area contributed by atoms with E-state index in [1.807, 2.05) is 16.3 Å². The van der Waals surface area contributed by atoms with Gasteiger partial charge in [-0.1, -0.05) is 34.4 Å². The van der Waals surface area contributed by atoms with E-state index in [2.05, 4.69) is 15.1 Å². The molecule has 1 N–H and O–H groups in total. The molecular weight excluding hydrogens is 523 g/mol. The van der Waals surface area contributed by atoms with E-state index in [9.17, 15) is 5.11 Å². The van der Waals surface area contributed by atoms with Gasteiger partial charge in [-0.05, 0) is 31.0 Å². The lowest BCUT2D eigenvalue weighted by Gasteiger charge is -2.34. The number of halogens is 2. The van der Waals surface area contributed by atoms with Crippen molar-refractivity contribution in [1.82, 2.24) is 19.9 Å². The Kier molecular flexibility index (Phi) is 7.65. The number of nitriles is 1. The number of oxime groups is 1. The fourth-order valence-corrected chi connectivity index (χ4v) is 5.92. The molecule has 1 saturated heterocycles. The molecule has 0 amide bonds. The topological polar surface area (TPSA) is 117 Å². The van der Waals surface area contributed by atoms with Gasteiger partial charge in [0.2, 0.25) is 0 Å². The van der Waals surface area contributed by atoms with Crippen LogP contribution >= 0.6 is 34.5 Å². The Morgan fingerprint density at radius 2 is 2.00 bits per heavy atom. The Labute approximate surface area is 221 Å². The summed E-state index contributed by atoms with van der Waals surface area (Å²) in [6.07, 6.45) is 2.63. The van der Waals surface area contributed by atoms with Gasteiger partial charge in [-0.25, -0.2) is 9.97 Å². The van der Waals surface area contributed by atoms with Gasteiger partial charge in [0.1, 0.15) is 30.3 Å². The van der Waals surface area contributed by atoms with Gasteiger partial charge in [-0.15, -0.1) is 11.3 Å². The van der Waals surface area contributed by atoms with Crippen LogP contribution in [0.3, 0.4) is 0 Å². The van der Waals surface area contributed by atoms with E-state index in [0.29, 0.717) is 35.5 Å². The zero-order valence-electron chi connectivity index (χ0n) is 19.0. The molecular formula is C24H22Cl2N6O3S. The molecule has 0 spiro atoms. The average molecular weight is 545 g/mol. The zero-order valence-corrected chi connectivity index (χ0v) is 21.4. The summed E-state index contributed by atoms with van der Waals surface area (Å²) < 4.78 is 5.47. The van der Waals surface area contributed by atoms with Gasteiger partial charge in [0.25, 0.3) is 0 Å². The summed E-state index contributed by atoms with van der Waals surface area (Å²) in [6, 6.07) is 8.90. The van der Waals surface area contributed by atoms with E-state index < -0.39 is 6.23 Å². The number of benzene rings is 1. The smallest absolute Gasteiger partial charge is 0.317 e. The highest BCUT2D eigenvalue weighted by molar-refractivity contribution is 7.10. The summed E-state index contributed by atoms with van der Waals surface area (Å²) in [6.45, 7) is 1.44. The zero-order chi connectivity index (χ0) is 25.1. The van der Waals surface area contributed by atoms with E-state index in [4.69, 9.17) is 43.0 Å². The molecule has 5 rings (SSSR count). The molecule has 0 aliphatic carbocycles. The van der Waals surface area contributed by atoms with Crippen molar-refractivity contribution in [3.63, 3.8) is 0 Å². The number of aliphatic hydroxyl groups is 1. The first-order chi connectivity index (χ1) is 17.5. The molecule has 2 unspecified atom stereocenters. The highest BCUT2D eigenvalue weighted by atomic mass is 35.5. The van der Waals surface area contributed by atoms with Crippen LogP contribution in [0.5, 0.6) is 6.01 Å². The second-order valence-corrected chi connectivity index (χ2v) is 10.2. The third kappa shape index (κ3) is 5.45. The summed E-state index contributed by atoms with van der Waals surface area (Å²) in [5.41, 5.74) is 2.56. The van der Waals surface area contributed by atoms with Gasteiger partial charge >= 0.3 is 6.01 Å². The number of rotatable bonds is 7. The minimum absolute atomic E-state index is 0.0252. The van der Waals surface area contributed by atoms with Gasteiger partial charge in [0.15, 0.2) is 6.10 Å². The maximum atomic E-state index is 10.5. The largest absolute Gasteiger partial charge is 0.459 e. The highest BCUT2D eigenvalue weighted by Crippen LogP contribution is 2.39. The van der Waals surface area contributed by atoms with Gasteiger partial charge in [0, 0.05) is 52.6 Å². The van der Waals surface area contributed by atoms with Gasteiger partial charge < -0.3 is 14.7 Å². The third-order valence-electron chi connectivity index (χ3n) is 6.22. The maximum Gasteiger partial charge on any atom is 0.317 e. The van der Waals surface area contributed by atoms with Crippen LogP contribution in [0, 0.1) is 11.3 Å². The van der Waals surface area contributed by atoms with Gasteiger partial charge in [-0.2, -0.15) is 10.2 Å². The van der Waals surface area contributed by atoms with Crippen LogP contribution in [0.4, 0.5) is 0 Å². The summed E-state index contributed by atoms with van der Waals surface area (Å²) in [5.74, 6) is 0.306. The monoisotopic (exact) mass is 544 g/mol. The van der Waals surface area contributed by atoms with Crippen LogP contribution in [0.1, 0.15) is 53.2 Å². The van der Waals surface area contributed by atoms with Gasteiger partial charge in [-0.3, -0.25) is 4.90 Å². The molecule has 1 fully saturated rings. The Bertz CT molecular complexity index is 1280.